The summed E-state index contributed by atoms with van der Waals surface area (Å²) in [4.78, 5) is 22.9. The van der Waals surface area contributed by atoms with E-state index in [1.54, 1.807) is 26.8 Å². The van der Waals surface area contributed by atoms with Gasteiger partial charge in [0.1, 0.15) is 17.4 Å². The van der Waals surface area contributed by atoms with E-state index in [0.717, 1.165) is 9.13 Å². The molecule has 1 rings (SSSR count). The van der Waals surface area contributed by atoms with Gasteiger partial charge < -0.3 is 20.3 Å². The monoisotopic (exact) mass is 407 g/mol. The minimum Gasteiger partial charge on any atom is -0.508 e. The summed E-state index contributed by atoms with van der Waals surface area (Å²) in [7, 11) is 0. The number of hydrogen-bond donors (Lipinski definition) is 3. The Hall–Kier alpha value is -1.51. The van der Waals surface area contributed by atoms with Gasteiger partial charge in [-0.25, -0.2) is 9.59 Å². The number of nitrogens with one attached hydrogen (secondary N) is 1. The first-order valence-electron chi connectivity index (χ1n) is 6.28. The van der Waals surface area contributed by atoms with Gasteiger partial charge in [0.2, 0.25) is 0 Å². The highest BCUT2D eigenvalue weighted by atomic mass is 127. The maximum atomic E-state index is 11.7. The lowest BCUT2D eigenvalue weighted by molar-refractivity contribution is -0.139. The fraction of sp³-hybridized carbons (Fsp3) is 0.429. The Morgan fingerprint density at radius 3 is 2.48 bits per heavy atom. The van der Waals surface area contributed by atoms with E-state index in [0.29, 0.717) is 0 Å². The Morgan fingerprint density at radius 1 is 1.38 bits per heavy atom. The molecule has 0 saturated heterocycles. The Labute approximate surface area is 136 Å². The van der Waals surface area contributed by atoms with Crippen molar-refractivity contribution in [3.05, 3.63) is 27.3 Å². The normalized spacial score (nSPS) is 12.6. The molecule has 7 heteroatoms. The van der Waals surface area contributed by atoms with Crippen LogP contribution in [0.5, 0.6) is 5.75 Å². The second kappa shape index (κ2) is 6.97. The van der Waals surface area contributed by atoms with Crippen LogP contribution in [0.2, 0.25) is 0 Å². The van der Waals surface area contributed by atoms with Crippen molar-refractivity contribution in [2.45, 2.75) is 38.8 Å². The molecule has 0 fully saturated rings. The molecule has 6 nitrogen and oxygen atoms in total. The lowest BCUT2D eigenvalue weighted by atomic mass is 10.1. The maximum Gasteiger partial charge on any atom is 0.408 e. The van der Waals surface area contributed by atoms with Crippen LogP contribution in [0, 0.1) is 3.57 Å². The van der Waals surface area contributed by atoms with Gasteiger partial charge >= 0.3 is 12.1 Å². The minimum atomic E-state index is -1.15. The number of halogens is 1. The third-order valence-electron chi connectivity index (χ3n) is 2.45. The number of alkyl carbamates (subject to hydrolysis) is 1. The van der Waals surface area contributed by atoms with Gasteiger partial charge in [-0.2, -0.15) is 0 Å². The van der Waals surface area contributed by atoms with Crippen LogP contribution in [0.3, 0.4) is 0 Å². The number of hydrogen-bond acceptors (Lipinski definition) is 4. The fourth-order valence-corrected chi connectivity index (χ4v) is 2.29. The van der Waals surface area contributed by atoms with Gasteiger partial charge in [0.05, 0.1) is 0 Å². The van der Waals surface area contributed by atoms with Crippen molar-refractivity contribution in [3.8, 4) is 5.75 Å². The number of amides is 1. The summed E-state index contributed by atoms with van der Waals surface area (Å²) >= 11 is 2.00. The minimum absolute atomic E-state index is 0.104. The summed E-state index contributed by atoms with van der Waals surface area (Å²) in [6, 6.07) is 3.54. The number of rotatable bonds is 4. The third-order valence-corrected chi connectivity index (χ3v) is 3.45. The average molecular weight is 407 g/mol. The first kappa shape index (κ1) is 17.5. The summed E-state index contributed by atoms with van der Waals surface area (Å²) < 4.78 is 5.78. The van der Waals surface area contributed by atoms with E-state index in [1.807, 2.05) is 22.6 Å². The van der Waals surface area contributed by atoms with Crippen molar-refractivity contribution in [1.29, 1.82) is 0 Å². The van der Waals surface area contributed by atoms with Crippen LogP contribution >= 0.6 is 22.6 Å². The molecule has 1 aromatic rings. The largest absolute Gasteiger partial charge is 0.508 e. The zero-order valence-corrected chi connectivity index (χ0v) is 14.2. The second-order valence-electron chi connectivity index (χ2n) is 5.52. The first-order valence-corrected chi connectivity index (χ1v) is 7.36. The second-order valence-corrected chi connectivity index (χ2v) is 6.68. The molecule has 1 aromatic carbocycles. The first-order chi connectivity index (χ1) is 9.58. The molecule has 21 heavy (non-hydrogen) atoms. The molecular weight excluding hydrogens is 389 g/mol. The van der Waals surface area contributed by atoms with E-state index in [4.69, 9.17) is 4.74 Å². The topological polar surface area (TPSA) is 95.9 Å². The predicted octanol–water partition coefficient (Wildman–Crippen LogP) is 2.52. The molecule has 0 heterocycles. The highest BCUT2D eigenvalue weighted by Crippen LogP contribution is 2.20. The lowest BCUT2D eigenvalue weighted by Gasteiger charge is -2.22. The van der Waals surface area contributed by atoms with Crippen LogP contribution in [-0.4, -0.2) is 33.9 Å². The van der Waals surface area contributed by atoms with Crippen molar-refractivity contribution >= 4 is 34.7 Å². The predicted molar refractivity (Wildman–Crippen MR) is 85.3 cm³/mol. The number of phenolic OH excluding ortho intramolecular Hbond substituents is 1. The number of carbonyl (C=O) groups is 2. The number of benzene rings is 1. The zero-order valence-electron chi connectivity index (χ0n) is 12.0. The summed E-state index contributed by atoms with van der Waals surface area (Å²) in [5.74, 6) is -1.04. The molecule has 0 unspecified atom stereocenters. The van der Waals surface area contributed by atoms with Gasteiger partial charge in [0.25, 0.3) is 0 Å². The van der Waals surface area contributed by atoms with E-state index in [1.165, 1.54) is 12.1 Å². The van der Waals surface area contributed by atoms with Gasteiger partial charge in [-0.3, -0.25) is 0 Å². The Bertz CT molecular complexity index is 539. The Balaban J connectivity index is 2.79. The average Bonchev–Trinajstić information content (AvgIpc) is 2.28. The lowest BCUT2D eigenvalue weighted by Crippen LogP contribution is -2.44. The summed E-state index contributed by atoms with van der Waals surface area (Å²) in [5, 5.41) is 20.9. The quantitative estimate of drug-likeness (QED) is 0.667. The highest BCUT2D eigenvalue weighted by molar-refractivity contribution is 14.1. The van der Waals surface area contributed by atoms with Gasteiger partial charge in [-0.05, 0) is 61.1 Å². The number of ether oxygens (including phenoxy) is 1. The number of aliphatic carboxylic acids is 1. The molecule has 1 amide bonds. The Kier molecular flexibility index (Phi) is 5.82. The van der Waals surface area contributed by atoms with E-state index in [-0.39, 0.29) is 12.2 Å². The summed E-state index contributed by atoms with van der Waals surface area (Å²) in [6.45, 7) is 5.10. The molecular formula is C14H18INO5. The summed E-state index contributed by atoms with van der Waals surface area (Å²) in [6.07, 6.45) is -0.670. The van der Waals surface area contributed by atoms with Gasteiger partial charge in [-0.15, -0.1) is 0 Å². The zero-order chi connectivity index (χ0) is 16.2. The number of phenols is 1. The number of carboxylic acids is 1. The van der Waals surface area contributed by atoms with Crippen molar-refractivity contribution in [1.82, 2.24) is 5.32 Å². The fourth-order valence-electron chi connectivity index (χ4n) is 1.57. The van der Waals surface area contributed by atoms with Crippen molar-refractivity contribution in [3.63, 3.8) is 0 Å². The number of aromatic hydroxyl groups is 1. The van der Waals surface area contributed by atoms with E-state index in [2.05, 4.69) is 5.32 Å². The van der Waals surface area contributed by atoms with Gasteiger partial charge in [0, 0.05) is 9.99 Å². The van der Waals surface area contributed by atoms with E-state index in [9.17, 15) is 19.8 Å². The van der Waals surface area contributed by atoms with E-state index >= 15 is 0 Å². The third kappa shape index (κ3) is 6.19. The molecule has 0 radical (unpaired) electrons. The molecule has 0 aromatic heterocycles. The van der Waals surface area contributed by atoms with Crippen molar-refractivity contribution in [2.24, 2.45) is 0 Å². The van der Waals surface area contributed by atoms with Gasteiger partial charge in [-0.1, -0.05) is 6.07 Å². The molecule has 0 aliphatic heterocycles. The summed E-state index contributed by atoms with van der Waals surface area (Å²) in [5.41, 5.74) is 0.0250. The van der Waals surface area contributed by atoms with Crippen LogP contribution in [-0.2, 0) is 16.0 Å². The SMILES string of the molecule is CC(C)(C)OC(=O)N[C@@H](Cc1ccc(O)cc1I)C(=O)O. The maximum absolute atomic E-state index is 11.7. The number of carboxylic acid groups (broad SMARTS) is 1. The van der Waals surface area contributed by atoms with Crippen LogP contribution in [0.4, 0.5) is 4.79 Å². The van der Waals surface area contributed by atoms with Crippen LogP contribution in [0.1, 0.15) is 26.3 Å². The van der Waals surface area contributed by atoms with Crippen molar-refractivity contribution in [2.75, 3.05) is 0 Å². The van der Waals surface area contributed by atoms with Crippen LogP contribution in [0.25, 0.3) is 0 Å². The molecule has 0 spiro atoms. The Morgan fingerprint density at radius 2 is 2.00 bits per heavy atom. The molecule has 1 atom stereocenters. The number of carbonyl (C=O) groups excluding carboxylic acids is 1. The van der Waals surface area contributed by atoms with Gasteiger partial charge in [0.15, 0.2) is 0 Å². The van der Waals surface area contributed by atoms with E-state index < -0.39 is 23.7 Å². The molecule has 0 aliphatic carbocycles. The van der Waals surface area contributed by atoms with Crippen molar-refractivity contribution < 1.29 is 24.5 Å². The smallest absolute Gasteiger partial charge is 0.408 e. The standard InChI is InChI=1S/C14H18INO5/c1-14(2,3)21-13(20)16-11(12(18)19)6-8-4-5-9(17)7-10(8)15/h4-5,7,11,17H,6H2,1-3H3,(H,16,20)(H,18,19)/t11-/m0/s1. The van der Waals surface area contributed by atoms with Crippen LogP contribution < -0.4 is 5.32 Å². The van der Waals surface area contributed by atoms with Crippen LogP contribution in [0.15, 0.2) is 18.2 Å². The molecule has 0 aliphatic rings. The highest BCUT2D eigenvalue weighted by Gasteiger charge is 2.24. The molecule has 0 bridgehead atoms. The molecule has 116 valence electrons. The molecule has 0 saturated carbocycles. The molecule has 3 N–H and O–H groups in total.